The fraction of sp³-hybridized carbons (Fsp3) is 0.375. The van der Waals surface area contributed by atoms with Gasteiger partial charge in [0.05, 0.1) is 5.52 Å². The Hall–Kier alpha value is -4.60. The van der Waals surface area contributed by atoms with Gasteiger partial charge < -0.3 is 30.0 Å². The molecule has 214 valence electrons. The summed E-state index contributed by atoms with van der Waals surface area (Å²) in [6.07, 6.45) is 8.05. The van der Waals surface area contributed by atoms with E-state index in [-0.39, 0.29) is 35.7 Å². The van der Waals surface area contributed by atoms with Gasteiger partial charge in [-0.05, 0) is 55.0 Å². The number of benzene rings is 2. The molecule has 4 aromatic rings. The number of carbonyl (C=O) groups excluding carboxylic acids is 4. The number of piperazine rings is 2. The van der Waals surface area contributed by atoms with Crippen LogP contribution in [0.1, 0.15) is 36.8 Å². The molecule has 0 aliphatic carbocycles. The van der Waals surface area contributed by atoms with E-state index in [4.69, 9.17) is 0 Å². The summed E-state index contributed by atoms with van der Waals surface area (Å²) in [5, 5.41) is 7.99. The van der Waals surface area contributed by atoms with Crippen molar-refractivity contribution in [1.82, 2.24) is 30.0 Å². The fourth-order valence-corrected chi connectivity index (χ4v) is 7.50. The summed E-state index contributed by atoms with van der Waals surface area (Å²) in [4.78, 5) is 58.4. The number of nitrogens with zero attached hydrogens (tertiary/aromatic N) is 3. The molecule has 4 amide bonds. The van der Waals surface area contributed by atoms with E-state index in [0.717, 1.165) is 64.3 Å². The number of carbonyl (C=O) groups is 4. The topological polar surface area (TPSA) is 120 Å². The summed E-state index contributed by atoms with van der Waals surface area (Å²) >= 11 is 0. The first kappa shape index (κ1) is 25.1. The van der Waals surface area contributed by atoms with E-state index in [2.05, 4.69) is 56.7 Å². The third-order valence-corrected chi connectivity index (χ3v) is 9.58. The zero-order valence-corrected chi connectivity index (χ0v) is 23.1. The Kier molecular flexibility index (Phi) is 5.67. The smallest absolute Gasteiger partial charge is 0.246 e. The standard InChI is InChI=1S/C32H32N6O4/c39-29-27-7-3-11-36(27)31(41)24(34-29)13-18-16-33-23-15-20(9-10-21(18)23)38-17-19(22-5-1-2-6-26(22)38)14-25-32(42)37-12-4-8-28(37)30(40)35-25/h1-2,5-6,9-10,15-17,24-25,27-28,33H,3-4,7-8,11-14H2,(H,34,39)(H,35,40). The van der Waals surface area contributed by atoms with E-state index < -0.39 is 12.1 Å². The lowest BCUT2D eigenvalue weighted by molar-refractivity contribution is -0.146. The van der Waals surface area contributed by atoms with Gasteiger partial charge in [-0.3, -0.25) is 19.2 Å². The molecular weight excluding hydrogens is 532 g/mol. The van der Waals surface area contributed by atoms with Gasteiger partial charge in [-0.15, -0.1) is 0 Å². The Labute approximate surface area is 242 Å². The van der Waals surface area contributed by atoms with Crippen LogP contribution in [0.4, 0.5) is 0 Å². The molecule has 4 fully saturated rings. The molecule has 2 aromatic heterocycles. The van der Waals surface area contributed by atoms with Crippen molar-refractivity contribution in [2.45, 2.75) is 62.7 Å². The average molecular weight is 565 g/mol. The van der Waals surface area contributed by atoms with Crippen LogP contribution in [0.3, 0.4) is 0 Å². The normalized spacial score (nSPS) is 25.7. The second kappa shape index (κ2) is 9.47. The third-order valence-electron chi connectivity index (χ3n) is 9.58. The maximum absolute atomic E-state index is 13.2. The lowest BCUT2D eigenvalue weighted by Crippen LogP contribution is -2.61. The Balaban J connectivity index is 1.08. The number of fused-ring (bicyclic) bond motifs is 4. The van der Waals surface area contributed by atoms with Crippen LogP contribution in [0.2, 0.25) is 0 Å². The van der Waals surface area contributed by atoms with Crippen LogP contribution < -0.4 is 10.6 Å². The highest BCUT2D eigenvalue weighted by Gasteiger charge is 2.44. The van der Waals surface area contributed by atoms with Crippen LogP contribution in [0.15, 0.2) is 54.9 Å². The lowest BCUT2D eigenvalue weighted by atomic mass is 10.0. The minimum Gasteiger partial charge on any atom is -0.361 e. The quantitative estimate of drug-likeness (QED) is 0.344. The number of hydrogen-bond acceptors (Lipinski definition) is 4. The number of para-hydroxylation sites is 1. The van der Waals surface area contributed by atoms with Crippen molar-refractivity contribution < 1.29 is 19.2 Å². The number of nitrogens with one attached hydrogen (secondary N) is 3. The lowest BCUT2D eigenvalue weighted by Gasteiger charge is -2.34. The first-order valence-corrected chi connectivity index (χ1v) is 14.9. The Morgan fingerprint density at radius 1 is 0.738 bits per heavy atom. The summed E-state index contributed by atoms with van der Waals surface area (Å²) < 4.78 is 2.12. The van der Waals surface area contributed by atoms with Crippen molar-refractivity contribution in [1.29, 1.82) is 0 Å². The van der Waals surface area contributed by atoms with E-state index in [9.17, 15) is 19.2 Å². The van der Waals surface area contributed by atoms with Gasteiger partial charge in [-0.25, -0.2) is 0 Å². The van der Waals surface area contributed by atoms with Gasteiger partial charge in [0, 0.05) is 60.3 Å². The first-order valence-electron chi connectivity index (χ1n) is 14.9. The summed E-state index contributed by atoms with van der Waals surface area (Å²) in [7, 11) is 0. The zero-order chi connectivity index (χ0) is 28.5. The van der Waals surface area contributed by atoms with E-state index >= 15 is 0 Å². The molecule has 10 heteroatoms. The van der Waals surface area contributed by atoms with Gasteiger partial charge in [0.15, 0.2) is 0 Å². The monoisotopic (exact) mass is 564 g/mol. The first-order chi connectivity index (χ1) is 20.5. The third kappa shape index (κ3) is 3.84. The van der Waals surface area contributed by atoms with Crippen LogP contribution in [0, 0.1) is 0 Å². The van der Waals surface area contributed by atoms with Crippen molar-refractivity contribution in [2.75, 3.05) is 13.1 Å². The van der Waals surface area contributed by atoms with Crippen molar-refractivity contribution >= 4 is 45.4 Å². The molecule has 4 atom stereocenters. The van der Waals surface area contributed by atoms with Gasteiger partial charge in [-0.1, -0.05) is 24.3 Å². The predicted octanol–water partition coefficient (Wildman–Crippen LogP) is 2.18. The number of hydrogen-bond donors (Lipinski definition) is 3. The second-order valence-corrected chi connectivity index (χ2v) is 12.0. The summed E-state index contributed by atoms with van der Waals surface area (Å²) in [6, 6.07) is 12.5. The molecule has 10 nitrogen and oxygen atoms in total. The Bertz CT molecular complexity index is 1790. The Morgan fingerprint density at radius 2 is 1.38 bits per heavy atom. The number of rotatable bonds is 5. The molecule has 0 radical (unpaired) electrons. The van der Waals surface area contributed by atoms with Crippen LogP contribution in [0.5, 0.6) is 0 Å². The molecular formula is C32H32N6O4. The van der Waals surface area contributed by atoms with Gasteiger partial charge in [0.25, 0.3) is 0 Å². The maximum Gasteiger partial charge on any atom is 0.246 e. The maximum atomic E-state index is 13.2. The van der Waals surface area contributed by atoms with Gasteiger partial charge >= 0.3 is 0 Å². The van der Waals surface area contributed by atoms with Crippen molar-refractivity contribution in [3.63, 3.8) is 0 Å². The molecule has 0 spiro atoms. The SMILES string of the molecule is O=C1NC(Cc2c[nH]c3cc(-n4cc(CC5NC(=O)C6CCCN6C5=O)c5ccccc54)ccc23)C(=O)N2CCCC12. The van der Waals surface area contributed by atoms with Gasteiger partial charge in [0.1, 0.15) is 24.2 Å². The molecule has 8 rings (SSSR count). The molecule has 4 saturated heterocycles. The number of amides is 4. The minimum atomic E-state index is -0.571. The average Bonchev–Trinajstić information content (AvgIpc) is 3.80. The number of H-pyrrole nitrogens is 1. The van der Waals surface area contributed by atoms with Crippen molar-refractivity contribution in [3.8, 4) is 5.69 Å². The molecule has 42 heavy (non-hydrogen) atoms. The molecule has 0 saturated carbocycles. The minimum absolute atomic E-state index is 0.00200. The van der Waals surface area contributed by atoms with E-state index in [1.807, 2.05) is 18.3 Å². The molecule has 0 bridgehead atoms. The molecule has 3 N–H and O–H groups in total. The van der Waals surface area contributed by atoms with Crippen LogP contribution in [0.25, 0.3) is 27.5 Å². The molecule has 2 aromatic carbocycles. The van der Waals surface area contributed by atoms with Crippen molar-refractivity contribution in [3.05, 3.63) is 66.0 Å². The van der Waals surface area contributed by atoms with Crippen LogP contribution >= 0.6 is 0 Å². The summed E-state index contributed by atoms with van der Waals surface area (Å²) in [5.41, 5.74) is 4.89. The molecule has 4 unspecified atom stereocenters. The molecule has 4 aliphatic rings. The highest BCUT2D eigenvalue weighted by molar-refractivity contribution is 5.99. The van der Waals surface area contributed by atoms with Gasteiger partial charge in [-0.2, -0.15) is 0 Å². The van der Waals surface area contributed by atoms with Crippen LogP contribution in [-0.2, 0) is 32.0 Å². The van der Waals surface area contributed by atoms with E-state index in [1.165, 1.54) is 0 Å². The number of aromatic amines is 1. The predicted molar refractivity (Wildman–Crippen MR) is 156 cm³/mol. The van der Waals surface area contributed by atoms with Crippen LogP contribution in [-0.4, -0.2) is 80.2 Å². The Morgan fingerprint density at radius 3 is 2.07 bits per heavy atom. The fourth-order valence-electron chi connectivity index (χ4n) is 7.50. The second-order valence-electron chi connectivity index (χ2n) is 12.0. The van der Waals surface area contributed by atoms with E-state index in [1.54, 1.807) is 9.80 Å². The summed E-state index contributed by atoms with van der Waals surface area (Å²) in [5.74, 6) is -0.0997. The molecule has 6 heterocycles. The molecule has 4 aliphatic heterocycles. The van der Waals surface area contributed by atoms with E-state index in [0.29, 0.717) is 25.9 Å². The largest absolute Gasteiger partial charge is 0.361 e. The highest BCUT2D eigenvalue weighted by Crippen LogP contribution is 2.31. The zero-order valence-electron chi connectivity index (χ0n) is 23.1. The highest BCUT2D eigenvalue weighted by atomic mass is 16.2. The number of aromatic nitrogens is 2. The summed E-state index contributed by atoms with van der Waals surface area (Å²) in [6.45, 7) is 1.30. The van der Waals surface area contributed by atoms with Crippen molar-refractivity contribution in [2.24, 2.45) is 0 Å². The van der Waals surface area contributed by atoms with Gasteiger partial charge in [0.2, 0.25) is 23.6 Å².